The van der Waals surface area contributed by atoms with E-state index in [1.807, 2.05) is 30.6 Å². The van der Waals surface area contributed by atoms with E-state index >= 15 is 0 Å². The van der Waals surface area contributed by atoms with E-state index in [0.717, 1.165) is 24.8 Å². The van der Waals surface area contributed by atoms with Crippen LogP contribution in [0.5, 0.6) is 0 Å². The van der Waals surface area contributed by atoms with Gasteiger partial charge in [0.15, 0.2) is 0 Å². The van der Waals surface area contributed by atoms with Crippen LogP contribution in [0.1, 0.15) is 61.2 Å². The molecule has 0 saturated heterocycles. The molecule has 1 aromatic heterocycles. The molecule has 1 saturated carbocycles. The normalized spacial score (nSPS) is 19.0. The van der Waals surface area contributed by atoms with E-state index in [1.54, 1.807) is 11.3 Å². The molecule has 2 heterocycles. The molecule has 1 unspecified atom stereocenters. The summed E-state index contributed by atoms with van der Waals surface area (Å²) < 4.78 is 0. The number of hydrogen-bond donors (Lipinski definition) is 0. The zero-order valence-corrected chi connectivity index (χ0v) is 18.6. The highest BCUT2D eigenvalue weighted by atomic mass is 32.1. The lowest BCUT2D eigenvalue weighted by Crippen LogP contribution is -2.49. The molecule has 5 heteroatoms. The lowest BCUT2D eigenvalue weighted by Gasteiger charge is -2.38. The van der Waals surface area contributed by atoms with Gasteiger partial charge in [-0.25, -0.2) is 0 Å². The minimum Gasteiger partial charge on any atom is -0.330 e. The Morgan fingerprint density at radius 3 is 2.45 bits per heavy atom. The maximum absolute atomic E-state index is 13.5. The summed E-state index contributed by atoms with van der Waals surface area (Å²) in [5.41, 5.74) is 3.12. The van der Waals surface area contributed by atoms with Crippen molar-refractivity contribution in [3.05, 3.63) is 57.3 Å². The van der Waals surface area contributed by atoms with Crippen LogP contribution in [-0.2, 0) is 16.0 Å². The fourth-order valence-electron chi connectivity index (χ4n) is 4.11. The largest absolute Gasteiger partial charge is 0.330 e. The Morgan fingerprint density at radius 2 is 1.83 bits per heavy atom. The second-order valence-corrected chi connectivity index (χ2v) is 10.4. The van der Waals surface area contributed by atoms with Crippen molar-refractivity contribution in [2.45, 2.75) is 59.0 Å². The first-order chi connectivity index (χ1) is 13.8. The van der Waals surface area contributed by atoms with Gasteiger partial charge in [0.1, 0.15) is 6.54 Å². The highest BCUT2D eigenvalue weighted by Crippen LogP contribution is 2.38. The van der Waals surface area contributed by atoms with Gasteiger partial charge in [-0.2, -0.15) is 0 Å². The number of hydrogen-bond acceptors (Lipinski definition) is 3. The second kappa shape index (κ2) is 7.60. The van der Waals surface area contributed by atoms with Gasteiger partial charge in [0.2, 0.25) is 11.8 Å². The molecule has 1 aliphatic heterocycles. The van der Waals surface area contributed by atoms with Gasteiger partial charge in [-0.15, -0.1) is 11.3 Å². The van der Waals surface area contributed by atoms with E-state index in [1.165, 1.54) is 16.0 Å². The summed E-state index contributed by atoms with van der Waals surface area (Å²) in [6.07, 6.45) is 2.90. The Labute approximate surface area is 177 Å². The molecule has 1 aromatic carbocycles. The fraction of sp³-hybridized carbons (Fsp3) is 0.500. The van der Waals surface area contributed by atoms with Crippen LogP contribution >= 0.6 is 11.3 Å². The Morgan fingerprint density at radius 1 is 1.14 bits per heavy atom. The van der Waals surface area contributed by atoms with Gasteiger partial charge in [-0.05, 0) is 48.8 Å². The number of nitrogens with zero attached hydrogens (tertiary/aromatic N) is 2. The van der Waals surface area contributed by atoms with Crippen molar-refractivity contribution in [3.8, 4) is 0 Å². The third-order valence-electron chi connectivity index (χ3n) is 5.88. The molecule has 29 heavy (non-hydrogen) atoms. The zero-order chi connectivity index (χ0) is 20.8. The summed E-state index contributed by atoms with van der Waals surface area (Å²) >= 11 is 1.78. The van der Waals surface area contributed by atoms with Gasteiger partial charge in [0, 0.05) is 22.9 Å². The van der Waals surface area contributed by atoms with Gasteiger partial charge in [0.05, 0.1) is 6.04 Å². The minimum atomic E-state index is -0.471. The van der Waals surface area contributed by atoms with E-state index < -0.39 is 5.41 Å². The molecule has 1 fully saturated rings. The lowest BCUT2D eigenvalue weighted by atomic mass is 9.92. The van der Waals surface area contributed by atoms with Crippen molar-refractivity contribution in [1.82, 2.24) is 9.80 Å². The average Bonchev–Trinajstić information content (AvgIpc) is 3.40. The first kappa shape index (κ1) is 20.1. The van der Waals surface area contributed by atoms with Gasteiger partial charge >= 0.3 is 0 Å². The summed E-state index contributed by atoms with van der Waals surface area (Å²) in [7, 11) is 0. The predicted octanol–water partition coefficient (Wildman–Crippen LogP) is 4.57. The number of carbonyl (C=O) groups is 2. The molecule has 1 aliphatic carbocycles. The quantitative estimate of drug-likeness (QED) is 0.741. The number of aryl methyl sites for hydroxylation is 1. The third-order valence-corrected chi connectivity index (χ3v) is 6.87. The van der Waals surface area contributed by atoms with Gasteiger partial charge in [0.25, 0.3) is 0 Å². The number of fused-ring (bicyclic) bond motifs is 1. The second-order valence-electron chi connectivity index (χ2n) is 9.36. The molecule has 2 amide bonds. The van der Waals surface area contributed by atoms with Crippen LogP contribution in [-0.4, -0.2) is 40.7 Å². The highest BCUT2D eigenvalue weighted by Gasteiger charge is 2.40. The Kier molecular flexibility index (Phi) is 5.28. The van der Waals surface area contributed by atoms with Crippen molar-refractivity contribution in [2.75, 3.05) is 13.1 Å². The number of amides is 2. The minimum absolute atomic E-state index is 0.0527. The summed E-state index contributed by atoms with van der Waals surface area (Å²) in [6, 6.07) is 10.8. The van der Waals surface area contributed by atoms with E-state index in [4.69, 9.17) is 0 Å². The molecular weight excluding hydrogens is 380 g/mol. The number of benzene rings is 1. The fourth-order valence-corrected chi connectivity index (χ4v) is 5.02. The van der Waals surface area contributed by atoms with Crippen LogP contribution in [0.2, 0.25) is 0 Å². The van der Waals surface area contributed by atoms with Crippen LogP contribution in [0, 0.1) is 12.3 Å². The standard InChI is InChI=1S/C24H30N2O2S/c1-16-5-7-17(8-6-16)22-19-12-14-29-20(19)11-13-25(22)21(27)15-26(18-9-10-18)23(28)24(2,3)4/h5-8,12,14,18,22H,9-11,13,15H2,1-4H3. The molecule has 0 radical (unpaired) electrons. The summed E-state index contributed by atoms with van der Waals surface area (Å²) in [5.74, 6) is 0.130. The van der Waals surface area contributed by atoms with Crippen LogP contribution in [0.15, 0.2) is 35.7 Å². The summed E-state index contributed by atoms with van der Waals surface area (Å²) in [4.78, 5) is 31.6. The Hall–Kier alpha value is -2.14. The van der Waals surface area contributed by atoms with Crippen LogP contribution < -0.4 is 0 Å². The van der Waals surface area contributed by atoms with Crippen molar-refractivity contribution >= 4 is 23.2 Å². The Balaban J connectivity index is 1.62. The maximum Gasteiger partial charge on any atom is 0.243 e. The number of carbonyl (C=O) groups excluding carboxylic acids is 2. The first-order valence-electron chi connectivity index (χ1n) is 10.5. The van der Waals surface area contributed by atoms with Crippen LogP contribution in [0.25, 0.3) is 0 Å². The van der Waals surface area contributed by atoms with Gasteiger partial charge < -0.3 is 9.80 Å². The molecule has 4 nitrogen and oxygen atoms in total. The van der Waals surface area contributed by atoms with Crippen molar-refractivity contribution in [1.29, 1.82) is 0 Å². The van der Waals surface area contributed by atoms with Crippen molar-refractivity contribution in [2.24, 2.45) is 5.41 Å². The lowest BCUT2D eigenvalue weighted by molar-refractivity contribution is -0.147. The monoisotopic (exact) mass is 410 g/mol. The van der Waals surface area contributed by atoms with E-state index in [2.05, 4.69) is 42.6 Å². The highest BCUT2D eigenvalue weighted by molar-refractivity contribution is 7.10. The summed E-state index contributed by atoms with van der Waals surface area (Å²) in [6.45, 7) is 8.76. The van der Waals surface area contributed by atoms with E-state index in [9.17, 15) is 9.59 Å². The smallest absolute Gasteiger partial charge is 0.243 e. The number of thiophene rings is 1. The predicted molar refractivity (Wildman–Crippen MR) is 117 cm³/mol. The summed E-state index contributed by atoms with van der Waals surface area (Å²) in [5, 5.41) is 2.12. The zero-order valence-electron chi connectivity index (χ0n) is 17.8. The average molecular weight is 411 g/mol. The van der Waals surface area contributed by atoms with Gasteiger partial charge in [-0.3, -0.25) is 9.59 Å². The van der Waals surface area contributed by atoms with E-state index in [0.29, 0.717) is 6.54 Å². The van der Waals surface area contributed by atoms with Crippen LogP contribution in [0.3, 0.4) is 0 Å². The third kappa shape index (κ3) is 4.11. The molecule has 1 atom stereocenters. The SMILES string of the molecule is Cc1ccc(C2c3ccsc3CCN2C(=O)CN(C(=O)C(C)(C)C)C2CC2)cc1. The molecule has 2 aromatic rings. The van der Waals surface area contributed by atoms with Crippen molar-refractivity contribution in [3.63, 3.8) is 0 Å². The number of rotatable bonds is 4. The molecule has 2 aliphatic rings. The van der Waals surface area contributed by atoms with Crippen molar-refractivity contribution < 1.29 is 9.59 Å². The Bertz CT molecular complexity index is 906. The van der Waals surface area contributed by atoms with Crippen LogP contribution in [0.4, 0.5) is 0 Å². The molecular formula is C24H30N2O2S. The molecule has 0 N–H and O–H groups in total. The maximum atomic E-state index is 13.5. The topological polar surface area (TPSA) is 40.6 Å². The molecule has 0 spiro atoms. The molecule has 4 rings (SSSR count). The molecule has 0 bridgehead atoms. The van der Waals surface area contributed by atoms with E-state index in [-0.39, 0.29) is 30.4 Å². The van der Waals surface area contributed by atoms with Gasteiger partial charge in [-0.1, -0.05) is 50.6 Å². The first-order valence-corrected chi connectivity index (χ1v) is 11.4. The molecule has 154 valence electrons.